The number of benzene rings is 2. The van der Waals surface area contributed by atoms with E-state index >= 15 is 0 Å². The maximum atomic E-state index is 12.7. The van der Waals surface area contributed by atoms with Crippen LogP contribution in [0.15, 0.2) is 52.9 Å². The van der Waals surface area contributed by atoms with Gasteiger partial charge in [0.15, 0.2) is 0 Å². The van der Waals surface area contributed by atoms with Gasteiger partial charge in [-0.25, -0.2) is 0 Å². The zero-order valence-electron chi connectivity index (χ0n) is 15.7. The molecule has 1 aliphatic heterocycles. The third-order valence-electron chi connectivity index (χ3n) is 4.99. The number of nitrogens with one attached hydrogen (secondary N) is 1. The lowest BCUT2D eigenvalue weighted by atomic mass is 10.1. The molecule has 27 heavy (non-hydrogen) atoms. The number of para-hydroxylation sites is 1. The van der Waals surface area contributed by atoms with Gasteiger partial charge in [-0.3, -0.25) is 4.79 Å². The van der Waals surface area contributed by atoms with Crippen molar-refractivity contribution in [1.82, 2.24) is 4.90 Å². The number of carbonyl (C=O) groups excluding carboxylic acids is 1. The van der Waals surface area contributed by atoms with Gasteiger partial charge in [0.2, 0.25) is 0 Å². The van der Waals surface area contributed by atoms with Gasteiger partial charge in [-0.15, -0.1) is 0 Å². The van der Waals surface area contributed by atoms with Crippen LogP contribution in [0, 0.1) is 6.92 Å². The van der Waals surface area contributed by atoms with Crippen LogP contribution in [0.5, 0.6) is 5.75 Å². The average Bonchev–Trinajstić information content (AvgIpc) is 3.05. The lowest BCUT2D eigenvalue weighted by Crippen LogP contribution is -2.35. The van der Waals surface area contributed by atoms with Gasteiger partial charge in [-0.05, 0) is 63.2 Å². The van der Waals surface area contributed by atoms with Gasteiger partial charge in [0, 0.05) is 24.2 Å². The highest BCUT2D eigenvalue weighted by atomic mass is 16.5. The summed E-state index contributed by atoms with van der Waals surface area (Å²) in [6.45, 7) is 4.01. The minimum atomic E-state index is -0.182. The van der Waals surface area contributed by atoms with E-state index in [4.69, 9.17) is 9.15 Å². The van der Waals surface area contributed by atoms with E-state index in [9.17, 15) is 4.79 Å². The highest BCUT2D eigenvalue weighted by Crippen LogP contribution is 2.25. The van der Waals surface area contributed by atoms with Crippen molar-refractivity contribution in [1.29, 1.82) is 0 Å². The summed E-state index contributed by atoms with van der Waals surface area (Å²) in [4.78, 5) is 15.0. The monoisotopic (exact) mass is 364 g/mol. The van der Waals surface area contributed by atoms with Crippen molar-refractivity contribution in [3.8, 4) is 5.75 Å². The number of furan rings is 1. The summed E-state index contributed by atoms with van der Waals surface area (Å²) in [6, 6.07) is 15.1. The second-order valence-electron chi connectivity index (χ2n) is 7.18. The van der Waals surface area contributed by atoms with Gasteiger partial charge >= 0.3 is 0 Å². The average molecular weight is 364 g/mol. The summed E-state index contributed by atoms with van der Waals surface area (Å²) in [6.07, 6.45) is 2.35. The molecule has 0 atom stereocenters. The Bertz CT molecular complexity index is 938. The van der Waals surface area contributed by atoms with Crippen LogP contribution in [0.4, 0.5) is 5.69 Å². The standard InChI is InChI=1S/C22H24N2O3/c1-15-14-16-4-3-5-20(21(16)26-15)22(25)23-17-6-8-18(9-7-17)27-19-10-12-24(2)13-11-19/h3-9,14,19H,10-13H2,1-2H3,(H,23,25). The van der Waals surface area contributed by atoms with E-state index in [1.165, 1.54) is 0 Å². The van der Waals surface area contributed by atoms with Crippen molar-refractivity contribution in [3.05, 3.63) is 59.9 Å². The summed E-state index contributed by atoms with van der Waals surface area (Å²) >= 11 is 0. The third-order valence-corrected chi connectivity index (χ3v) is 4.99. The van der Waals surface area contributed by atoms with Crippen molar-refractivity contribution in [3.63, 3.8) is 0 Å². The SMILES string of the molecule is Cc1cc2cccc(C(=O)Nc3ccc(OC4CCN(C)CC4)cc3)c2o1. The molecule has 2 heterocycles. The summed E-state index contributed by atoms with van der Waals surface area (Å²) in [5.41, 5.74) is 1.89. The van der Waals surface area contributed by atoms with Crippen molar-refractivity contribution in [2.45, 2.75) is 25.9 Å². The van der Waals surface area contributed by atoms with Gasteiger partial charge < -0.3 is 19.4 Å². The van der Waals surface area contributed by atoms with Gasteiger partial charge in [-0.2, -0.15) is 0 Å². The topological polar surface area (TPSA) is 54.7 Å². The first-order chi connectivity index (χ1) is 13.1. The highest BCUT2D eigenvalue weighted by molar-refractivity contribution is 6.11. The minimum absolute atomic E-state index is 0.182. The second kappa shape index (κ2) is 7.45. The number of anilines is 1. The lowest BCUT2D eigenvalue weighted by Gasteiger charge is -2.29. The molecule has 1 amide bonds. The molecule has 1 aliphatic rings. The number of hydrogen-bond donors (Lipinski definition) is 1. The van der Waals surface area contributed by atoms with Crippen LogP contribution in [0.3, 0.4) is 0 Å². The molecule has 0 aliphatic carbocycles. The predicted molar refractivity (Wildman–Crippen MR) is 106 cm³/mol. The molecule has 140 valence electrons. The Morgan fingerprint density at radius 1 is 1.15 bits per heavy atom. The Labute approximate surface area is 158 Å². The molecule has 3 aromatic rings. The normalized spacial score (nSPS) is 15.8. The molecule has 5 heteroatoms. The van der Waals surface area contributed by atoms with Crippen LogP contribution >= 0.6 is 0 Å². The molecule has 0 spiro atoms. The van der Waals surface area contributed by atoms with Gasteiger partial charge in [-0.1, -0.05) is 12.1 Å². The Hall–Kier alpha value is -2.79. The van der Waals surface area contributed by atoms with Gasteiger partial charge in [0.1, 0.15) is 23.2 Å². The molecule has 1 saturated heterocycles. The molecule has 5 nitrogen and oxygen atoms in total. The number of likely N-dealkylation sites (tertiary alicyclic amines) is 1. The Kier molecular flexibility index (Phi) is 4.86. The van der Waals surface area contributed by atoms with Crippen molar-refractivity contribution >= 4 is 22.6 Å². The summed E-state index contributed by atoms with van der Waals surface area (Å²) in [5, 5.41) is 3.87. The molecule has 2 aromatic carbocycles. The molecule has 0 bridgehead atoms. The van der Waals surface area contributed by atoms with Crippen molar-refractivity contribution in [2.24, 2.45) is 0 Å². The van der Waals surface area contributed by atoms with Crippen LogP contribution in [0.2, 0.25) is 0 Å². The molecule has 0 saturated carbocycles. The summed E-state index contributed by atoms with van der Waals surface area (Å²) in [5.74, 6) is 1.45. The highest BCUT2D eigenvalue weighted by Gasteiger charge is 2.18. The first-order valence-electron chi connectivity index (χ1n) is 9.34. The number of hydrogen-bond acceptors (Lipinski definition) is 4. The van der Waals surface area contributed by atoms with E-state index in [0.29, 0.717) is 11.1 Å². The van der Waals surface area contributed by atoms with E-state index in [-0.39, 0.29) is 12.0 Å². The maximum absolute atomic E-state index is 12.7. The molecule has 4 rings (SSSR count). The first kappa shape index (κ1) is 17.6. The number of amides is 1. The van der Waals surface area contributed by atoms with Gasteiger partial charge in [0.05, 0.1) is 5.56 Å². The minimum Gasteiger partial charge on any atom is -0.490 e. The van der Waals surface area contributed by atoms with Crippen LogP contribution in [0.1, 0.15) is 29.0 Å². The smallest absolute Gasteiger partial charge is 0.259 e. The van der Waals surface area contributed by atoms with Crippen LogP contribution < -0.4 is 10.1 Å². The summed E-state index contributed by atoms with van der Waals surface area (Å²) in [7, 11) is 2.14. The molecular weight excluding hydrogens is 340 g/mol. The number of ether oxygens (including phenoxy) is 1. The molecule has 0 unspecified atom stereocenters. The second-order valence-corrected chi connectivity index (χ2v) is 7.18. The van der Waals surface area contributed by atoms with E-state index in [0.717, 1.165) is 48.5 Å². The van der Waals surface area contributed by atoms with Crippen LogP contribution in [-0.4, -0.2) is 37.0 Å². The molecule has 1 N–H and O–H groups in total. The van der Waals surface area contributed by atoms with E-state index < -0.39 is 0 Å². The van der Waals surface area contributed by atoms with E-state index in [1.807, 2.05) is 49.4 Å². The van der Waals surface area contributed by atoms with Crippen LogP contribution in [0.25, 0.3) is 11.0 Å². The number of piperidine rings is 1. The molecule has 0 radical (unpaired) electrons. The Morgan fingerprint density at radius 2 is 1.89 bits per heavy atom. The number of aryl methyl sites for hydroxylation is 1. The zero-order chi connectivity index (χ0) is 18.8. The van der Waals surface area contributed by atoms with E-state index in [1.54, 1.807) is 6.07 Å². The zero-order valence-corrected chi connectivity index (χ0v) is 15.7. The molecule has 1 fully saturated rings. The fraction of sp³-hybridized carbons (Fsp3) is 0.318. The number of nitrogens with zero attached hydrogens (tertiary/aromatic N) is 1. The first-order valence-corrected chi connectivity index (χ1v) is 9.34. The molecular formula is C22H24N2O3. The fourth-order valence-electron chi connectivity index (χ4n) is 3.48. The van der Waals surface area contributed by atoms with Crippen LogP contribution in [-0.2, 0) is 0 Å². The number of rotatable bonds is 4. The molecule has 1 aromatic heterocycles. The van der Waals surface area contributed by atoms with Crippen molar-refractivity contribution in [2.75, 3.05) is 25.5 Å². The van der Waals surface area contributed by atoms with Crippen molar-refractivity contribution < 1.29 is 13.9 Å². The largest absolute Gasteiger partial charge is 0.490 e. The predicted octanol–water partition coefficient (Wildman–Crippen LogP) is 4.47. The van der Waals surface area contributed by atoms with E-state index in [2.05, 4.69) is 17.3 Å². The summed E-state index contributed by atoms with van der Waals surface area (Å²) < 4.78 is 11.7. The fourth-order valence-corrected chi connectivity index (χ4v) is 3.48. The third kappa shape index (κ3) is 3.98. The maximum Gasteiger partial charge on any atom is 0.259 e. The Morgan fingerprint density at radius 3 is 2.63 bits per heavy atom. The van der Waals surface area contributed by atoms with Gasteiger partial charge in [0.25, 0.3) is 5.91 Å². The Balaban J connectivity index is 1.42. The lowest BCUT2D eigenvalue weighted by molar-refractivity contribution is 0.102. The number of fused-ring (bicyclic) bond motifs is 1. The quantitative estimate of drug-likeness (QED) is 0.742. The number of carbonyl (C=O) groups is 1.